The summed E-state index contributed by atoms with van der Waals surface area (Å²) in [4.78, 5) is 11.9. The molecule has 3 rings (SSSR count). The number of hydrogen-bond acceptors (Lipinski definition) is 13. The molecule has 2 fully saturated rings. The smallest absolute Gasteiger partial charge is 0.228 e. The molecule has 2 saturated heterocycles. The highest BCUT2D eigenvalue weighted by atomic mass is 16.8. The molecule has 0 radical (unpaired) electrons. The summed E-state index contributed by atoms with van der Waals surface area (Å²) in [5.41, 5.74) is -0.390. The van der Waals surface area contributed by atoms with Gasteiger partial charge in [0.1, 0.15) is 55.1 Å². The Labute approximate surface area is 194 Å². The molecule has 13 heteroatoms. The third-order valence-electron chi connectivity index (χ3n) is 6.02. The third-order valence-corrected chi connectivity index (χ3v) is 6.02. The maximum Gasteiger partial charge on any atom is 0.228 e. The van der Waals surface area contributed by atoms with Crippen molar-refractivity contribution in [3.8, 4) is 5.75 Å². The van der Waals surface area contributed by atoms with E-state index in [9.17, 15) is 45.6 Å². The summed E-state index contributed by atoms with van der Waals surface area (Å²) >= 11 is 0. The predicted molar refractivity (Wildman–Crippen MR) is 110 cm³/mol. The maximum atomic E-state index is 11.9. The average molecular weight is 490 g/mol. The minimum Gasteiger partial charge on any atom is -0.494 e. The van der Waals surface area contributed by atoms with Crippen molar-refractivity contribution in [2.24, 2.45) is 0 Å². The molecule has 0 aliphatic carbocycles. The molecule has 2 heterocycles. The second-order valence-corrected chi connectivity index (χ2v) is 8.08. The predicted octanol–water partition coefficient (Wildman–Crippen LogP) is -3.66. The summed E-state index contributed by atoms with van der Waals surface area (Å²) in [7, 11) is 0. The van der Waals surface area contributed by atoms with Crippen LogP contribution in [0.1, 0.15) is 22.8 Å². The quantitative estimate of drug-likeness (QED) is 0.157. The molecule has 0 aromatic heterocycles. The summed E-state index contributed by atoms with van der Waals surface area (Å²) < 4.78 is 22.4. The molecule has 192 valence electrons. The first-order chi connectivity index (χ1) is 16.1. The van der Waals surface area contributed by atoms with E-state index in [1.807, 2.05) is 0 Å². The van der Waals surface area contributed by atoms with Crippen molar-refractivity contribution in [1.82, 2.24) is 0 Å². The van der Waals surface area contributed by atoms with Crippen LogP contribution in [0, 0.1) is 0 Å². The molecule has 8 N–H and O–H groups in total. The standard InChI is InChI=1S/C21H30O13/c1-2-31-11-4-3-10(6-22)12(5-11)21(19(30)17(28)15(26)13(7-23)33-21)34-20(9-25)18(29)16(27)14(8-24)32-20/h3-6,13-19,23-30H,2,7-9H2,1H3/t13-,14-,15-,16-,17+,18+,19-,20?,21+/m1/s1. The number of aldehydes is 1. The minimum absolute atomic E-state index is 0.136. The van der Waals surface area contributed by atoms with Crippen LogP contribution in [0.4, 0.5) is 0 Å². The Morgan fingerprint density at radius 3 is 2.12 bits per heavy atom. The van der Waals surface area contributed by atoms with Gasteiger partial charge in [-0.25, -0.2) is 0 Å². The Balaban J connectivity index is 2.24. The molecule has 9 atom stereocenters. The number of aliphatic hydroxyl groups excluding tert-OH is 8. The molecule has 1 aromatic carbocycles. The third kappa shape index (κ3) is 4.34. The molecule has 13 nitrogen and oxygen atoms in total. The maximum absolute atomic E-state index is 11.9. The van der Waals surface area contributed by atoms with E-state index in [0.29, 0.717) is 6.29 Å². The Hall–Kier alpha value is -1.75. The number of rotatable bonds is 9. The molecule has 2 aliphatic heterocycles. The van der Waals surface area contributed by atoms with Gasteiger partial charge in [-0.15, -0.1) is 0 Å². The normalized spacial score (nSPS) is 40.3. The van der Waals surface area contributed by atoms with Crippen molar-refractivity contribution >= 4 is 6.29 Å². The molecule has 1 unspecified atom stereocenters. The van der Waals surface area contributed by atoms with Gasteiger partial charge >= 0.3 is 0 Å². The monoisotopic (exact) mass is 490 g/mol. The van der Waals surface area contributed by atoms with Crippen LogP contribution in [0.15, 0.2) is 18.2 Å². The van der Waals surface area contributed by atoms with Gasteiger partial charge in [-0.3, -0.25) is 4.79 Å². The van der Waals surface area contributed by atoms with Crippen LogP contribution in [0.3, 0.4) is 0 Å². The lowest BCUT2D eigenvalue weighted by molar-refractivity contribution is -0.442. The SMILES string of the molecule is CCOc1ccc(C=O)c([C@@]2(OC3(CO)O[C@H](CO)[C@@H](O)[C@@H]3O)O[C@H](CO)[C@@H](O)[C@H](O)[C@H]2O)c1. The first-order valence-corrected chi connectivity index (χ1v) is 10.7. The van der Waals surface area contributed by atoms with Gasteiger partial charge in [0, 0.05) is 11.1 Å². The number of aliphatic hydroxyl groups is 8. The van der Waals surface area contributed by atoms with Crippen LogP contribution in [-0.4, -0.2) is 122 Å². The van der Waals surface area contributed by atoms with Gasteiger partial charge in [0.25, 0.3) is 0 Å². The first-order valence-electron chi connectivity index (χ1n) is 10.7. The highest BCUT2D eigenvalue weighted by Gasteiger charge is 2.64. The summed E-state index contributed by atoms with van der Waals surface area (Å²) in [6.45, 7) is -0.879. The van der Waals surface area contributed by atoms with Crippen molar-refractivity contribution < 1.29 is 64.6 Å². The summed E-state index contributed by atoms with van der Waals surface area (Å²) in [6.07, 6.45) is -12.3. The van der Waals surface area contributed by atoms with E-state index in [2.05, 4.69) is 0 Å². The van der Waals surface area contributed by atoms with Crippen LogP contribution >= 0.6 is 0 Å². The first kappa shape index (κ1) is 26.8. The molecular formula is C21H30O13. The number of hydrogen-bond donors (Lipinski definition) is 8. The number of carbonyl (C=O) groups excluding carboxylic acids is 1. The number of benzene rings is 1. The van der Waals surface area contributed by atoms with Gasteiger partial charge in [-0.2, -0.15) is 0 Å². The lowest BCUT2D eigenvalue weighted by atomic mass is 9.85. The Morgan fingerprint density at radius 1 is 0.941 bits per heavy atom. The van der Waals surface area contributed by atoms with E-state index >= 15 is 0 Å². The Bertz CT molecular complexity index is 850. The van der Waals surface area contributed by atoms with Gasteiger partial charge < -0.3 is 59.8 Å². The molecule has 1 aromatic rings. The summed E-state index contributed by atoms with van der Waals surface area (Å²) in [6, 6.07) is 3.97. The number of ether oxygens (including phenoxy) is 4. The van der Waals surface area contributed by atoms with E-state index in [1.165, 1.54) is 18.2 Å². The zero-order valence-electron chi connectivity index (χ0n) is 18.3. The fourth-order valence-corrected chi connectivity index (χ4v) is 4.21. The second-order valence-electron chi connectivity index (χ2n) is 8.08. The average Bonchev–Trinajstić information content (AvgIpc) is 3.09. The largest absolute Gasteiger partial charge is 0.494 e. The molecular weight excluding hydrogens is 460 g/mol. The minimum atomic E-state index is -2.65. The topological polar surface area (TPSA) is 216 Å². The van der Waals surface area contributed by atoms with E-state index in [-0.39, 0.29) is 23.5 Å². The molecule has 34 heavy (non-hydrogen) atoms. The fourth-order valence-electron chi connectivity index (χ4n) is 4.21. The fraction of sp³-hybridized carbons (Fsp3) is 0.667. The van der Waals surface area contributed by atoms with E-state index in [0.717, 1.165) is 0 Å². The highest BCUT2D eigenvalue weighted by molar-refractivity contribution is 5.78. The number of carbonyl (C=O) groups is 1. The van der Waals surface area contributed by atoms with Crippen LogP contribution in [0.5, 0.6) is 5.75 Å². The van der Waals surface area contributed by atoms with E-state index < -0.39 is 74.1 Å². The van der Waals surface area contributed by atoms with Crippen molar-refractivity contribution in [2.45, 2.75) is 61.2 Å². The van der Waals surface area contributed by atoms with E-state index in [1.54, 1.807) is 6.92 Å². The zero-order valence-corrected chi connectivity index (χ0v) is 18.3. The van der Waals surface area contributed by atoms with Crippen molar-refractivity contribution in [3.05, 3.63) is 29.3 Å². The Kier molecular flexibility index (Phi) is 8.27. The zero-order chi connectivity index (χ0) is 25.3. The lowest BCUT2D eigenvalue weighted by Gasteiger charge is -2.51. The molecule has 0 spiro atoms. The highest BCUT2D eigenvalue weighted by Crippen LogP contribution is 2.47. The van der Waals surface area contributed by atoms with Crippen LogP contribution < -0.4 is 4.74 Å². The van der Waals surface area contributed by atoms with Crippen LogP contribution in [0.2, 0.25) is 0 Å². The van der Waals surface area contributed by atoms with Gasteiger partial charge in [-0.05, 0) is 25.1 Å². The van der Waals surface area contributed by atoms with Gasteiger partial charge in [0.15, 0.2) is 6.29 Å². The lowest BCUT2D eigenvalue weighted by Crippen LogP contribution is -2.68. The van der Waals surface area contributed by atoms with Crippen LogP contribution in [0.25, 0.3) is 0 Å². The molecule has 0 bridgehead atoms. The summed E-state index contributed by atoms with van der Waals surface area (Å²) in [5.74, 6) is -5.00. The van der Waals surface area contributed by atoms with Gasteiger partial charge in [-0.1, -0.05) is 0 Å². The van der Waals surface area contributed by atoms with Crippen molar-refractivity contribution in [3.63, 3.8) is 0 Å². The molecule has 0 saturated carbocycles. The van der Waals surface area contributed by atoms with E-state index in [4.69, 9.17) is 18.9 Å². The summed E-state index contributed by atoms with van der Waals surface area (Å²) in [5, 5.41) is 82.1. The van der Waals surface area contributed by atoms with Crippen molar-refractivity contribution in [2.75, 3.05) is 26.4 Å². The van der Waals surface area contributed by atoms with Gasteiger partial charge in [0.2, 0.25) is 11.6 Å². The Morgan fingerprint density at radius 2 is 1.59 bits per heavy atom. The molecule has 0 amide bonds. The van der Waals surface area contributed by atoms with Gasteiger partial charge in [0.05, 0.1) is 19.8 Å². The van der Waals surface area contributed by atoms with Crippen LogP contribution in [-0.2, 0) is 20.0 Å². The second kappa shape index (κ2) is 10.5. The van der Waals surface area contributed by atoms with Crippen molar-refractivity contribution in [1.29, 1.82) is 0 Å². The molecule has 2 aliphatic rings.